The van der Waals surface area contributed by atoms with Gasteiger partial charge in [0.25, 0.3) is 12.1 Å². The number of hydrogen-bond donors (Lipinski definition) is 0. The molecule has 0 N–H and O–H groups in total. The Hall–Kier alpha value is -2.04. The SMILES string of the molecule is CCN1C(=O)C(Oc2cccc(C)c2C)N(C(C)C)C1=O. The minimum atomic E-state index is -0.877. The van der Waals surface area contributed by atoms with Gasteiger partial charge >= 0.3 is 6.03 Å². The second-order valence-corrected chi connectivity index (χ2v) is 5.53. The molecule has 0 saturated carbocycles. The molecule has 0 aliphatic carbocycles. The van der Waals surface area contributed by atoms with Crippen LogP contribution in [0.1, 0.15) is 31.9 Å². The van der Waals surface area contributed by atoms with Crippen LogP contribution >= 0.6 is 0 Å². The lowest BCUT2D eigenvalue weighted by Gasteiger charge is -2.26. The van der Waals surface area contributed by atoms with Gasteiger partial charge in [-0.15, -0.1) is 0 Å². The smallest absolute Gasteiger partial charge is 0.330 e. The van der Waals surface area contributed by atoms with Crippen molar-refractivity contribution in [3.05, 3.63) is 29.3 Å². The number of ether oxygens (including phenoxy) is 1. The van der Waals surface area contributed by atoms with Crippen LogP contribution in [-0.2, 0) is 4.79 Å². The summed E-state index contributed by atoms with van der Waals surface area (Å²) in [7, 11) is 0. The Morgan fingerprint density at radius 3 is 2.48 bits per heavy atom. The molecule has 0 bridgehead atoms. The molecule has 1 fully saturated rings. The van der Waals surface area contributed by atoms with Gasteiger partial charge in [0.1, 0.15) is 5.75 Å². The highest BCUT2D eigenvalue weighted by Crippen LogP contribution is 2.27. The summed E-state index contributed by atoms with van der Waals surface area (Å²) in [5, 5.41) is 0. The lowest BCUT2D eigenvalue weighted by atomic mass is 10.1. The fourth-order valence-corrected chi connectivity index (χ4v) is 2.45. The molecular formula is C16H22N2O3. The third-order valence-electron chi connectivity index (χ3n) is 3.85. The van der Waals surface area contributed by atoms with Crippen LogP contribution < -0.4 is 4.74 Å². The Kier molecular flexibility index (Phi) is 4.21. The molecule has 1 heterocycles. The Morgan fingerprint density at radius 2 is 1.90 bits per heavy atom. The van der Waals surface area contributed by atoms with Crippen molar-refractivity contribution in [3.63, 3.8) is 0 Å². The van der Waals surface area contributed by atoms with Gasteiger partial charge < -0.3 is 4.74 Å². The highest BCUT2D eigenvalue weighted by Gasteiger charge is 2.47. The first kappa shape index (κ1) is 15.4. The van der Waals surface area contributed by atoms with Crippen molar-refractivity contribution >= 4 is 11.9 Å². The van der Waals surface area contributed by atoms with Crippen LogP contribution in [0.2, 0.25) is 0 Å². The van der Waals surface area contributed by atoms with Crippen LogP contribution in [-0.4, -0.2) is 40.6 Å². The molecule has 0 spiro atoms. The standard InChI is InChI=1S/C16H22N2O3/c1-6-17-14(19)15(18(10(2)3)16(17)20)21-13-9-7-8-11(4)12(13)5/h7-10,15H,6H2,1-5H3. The van der Waals surface area contributed by atoms with Gasteiger partial charge in [0.2, 0.25) is 0 Å². The van der Waals surface area contributed by atoms with E-state index in [0.717, 1.165) is 11.1 Å². The molecule has 1 unspecified atom stereocenters. The van der Waals surface area contributed by atoms with E-state index in [4.69, 9.17) is 4.74 Å². The van der Waals surface area contributed by atoms with E-state index in [-0.39, 0.29) is 18.0 Å². The summed E-state index contributed by atoms with van der Waals surface area (Å²) in [6, 6.07) is 5.31. The first-order chi connectivity index (χ1) is 9.88. The molecule has 114 valence electrons. The van der Waals surface area contributed by atoms with E-state index >= 15 is 0 Å². The molecule has 1 aromatic rings. The molecule has 0 radical (unpaired) electrons. The maximum Gasteiger partial charge on any atom is 0.330 e. The highest BCUT2D eigenvalue weighted by molar-refractivity contribution is 6.03. The second-order valence-electron chi connectivity index (χ2n) is 5.53. The van der Waals surface area contributed by atoms with E-state index in [1.165, 1.54) is 9.80 Å². The zero-order valence-electron chi connectivity index (χ0n) is 13.2. The minimum Gasteiger partial charge on any atom is -0.461 e. The maximum atomic E-state index is 12.4. The summed E-state index contributed by atoms with van der Waals surface area (Å²) < 4.78 is 5.89. The Bertz CT molecular complexity index is 569. The van der Waals surface area contributed by atoms with Gasteiger partial charge in [0.15, 0.2) is 0 Å². The first-order valence-corrected chi connectivity index (χ1v) is 7.25. The quantitative estimate of drug-likeness (QED) is 0.801. The van der Waals surface area contributed by atoms with Gasteiger partial charge in [-0.25, -0.2) is 4.79 Å². The van der Waals surface area contributed by atoms with E-state index in [1.807, 2.05) is 45.9 Å². The topological polar surface area (TPSA) is 49.9 Å². The van der Waals surface area contributed by atoms with Gasteiger partial charge in [-0.05, 0) is 51.8 Å². The van der Waals surface area contributed by atoms with Crippen LogP contribution in [0.15, 0.2) is 18.2 Å². The lowest BCUT2D eigenvalue weighted by Crippen LogP contribution is -2.43. The van der Waals surface area contributed by atoms with Crippen molar-refractivity contribution in [2.45, 2.75) is 46.9 Å². The van der Waals surface area contributed by atoms with Crippen molar-refractivity contribution < 1.29 is 14.3 Å². The summed E-state index contributed by atoms with van der Waals surface area (Å²) in [6.45, 7) is 9.83. The van der Waals surface area contributed by atoms with Crippen LogP contribution in [0.25, 0.3) is 0 Å². The number of rotatable bonds is 4. The zero-order chi connectivity index (χ0) is 15.7. The molecule has 1 atom stereocenters. The summed E-state index contributed by atoms with van der Waals surface area (Å²) in [4.78, 5) is 27.4. The van der Waals surface area contributed by atoms with E-state index in [2.05, 4.69) is 0 Å². The van der Waals surface area contributed by atoms with Crippen molar-refractivity contribution in [2.75, 3.05) is 6.54 Å². The number of carbonyl (C=O) groups excluding carboxylic acids is 2. The third-order valence-corrected chi connectivity index (χ3v) is 3.85. The van der Waals surface area contributed by atoms with Gasteiger partial charge in [-0.2, -0.15) is 0 Å². The van der Waals surface area contributed by atoms with Crippen LogP contribution in [0.4, 0.5) is 4.79 Å². The molecule has 0 aromatic heterocycles. The molecular weight excluding hydrogens is 268 g/mol. The number of carbonyl (C=O) groups is 2. The van der Waals surface area contributed by atoms with Gasteiger partial charge in [-0.3, -0.25) is 14.6 Å². The van der Waals surface area contributed by atoms with Gasteiger partial charge in [-0.1, -0.05) is 12.1 Å². The van der Waals surface area contributed by atoms with E-state index in [0.29, 0.717) is 12.3 Å². The largest absolute Gasteiger partial charge is 0.461 e. The molecule has 5 heteroatoms. The van der Waals surface area contributed by atoms with Crippen LogP contribution in [0.5, 0.6) is 5.75 Å². The highest BCUT2D eigenvalue weighted by atomic mass is 16.5. The average molecular weight is 290 g/mol. The van der Waals surface area contributed by atoms with E-state index < -0.39 is 6.23 Å². The third kappa shape index (κ3) is 2.60. The number of benzene rings is 1. The first-order valence-electron chi connectivity index (χ1n) is 7.25. The van der Waals surface area contributed by atoms with E-state index in [9.17, 15) is 9.59 Å². The number of likely N-dealkylation sites (N-methyl/N-ethyl adjacent to an activating group) is 1. The fourth-order valence-electron chi connectivity index (χ4n) is 2.45. The number of amides is 3. The Morgan fingerprint density at radius 1 is 1.24 bits per heavy atom. The van der Waals surface area contributed by atoms with Gasteiger partial charge in [0, 0.05) is 12.6 Å². The summed E-state index contributed by atoms with van der Waals surface area (Å²) >= 11 is 0. The molecule has 1 saturated heterocycles. The normalized spacial score (nSPS) is 18.9. The predicted molar refractivity (Wildman–Crippen MR) is 80.1 cm³/mol. The molecule has 3 amide bonds. The lowest BCUT2D eigenvalue weighted by molar-refractivity contribution is -0.135. The van der Waals surface area contributed by atoms with E-state index in [1.54, 1.807) is 6.92 Å². The molecule has 1 aromatic carbocycles. The summed E-state index contributed by atoms with van der Waals surface area (Å²) in [5.41, 5.74) is 2.07. The molecule has 1 aliphatic heterocycles. The number of nitrogens with zero attached hydrogens (tertiary/aromatic N) is 2. The predicted octanol–water partition coefficient (Wildman–Crippen LogP) is 2.70. The number of imide groups is 1. The maximum absolute atomic E-state index is 12.4. The number of aryl methyl sites for hydroxylation is 1. The average Bonchev–Trinajstić information content (AvgIpc) is 2.66. The zero-order valence-corrected chi connectivity index (χ0v) is 13.2. The van der Waals surface area contributed by atoms with Crippen molar-refractivity contribution in [3.8, 4) is 5.75 Å². The monoisotopic (exact) mass is 290 g/mol. The molecule has 1 aliphatic rings. The Balaban J connectivity index is 2.34. The number of urea groups is 1. The molecule has 5 nitrogen and oxygen atoms in total. The molecule has 2 rings (SSSR count). The Labute approximate surface area is 125 Å². The summed E-state index contributed by atoms with van der Waals surface area (Å²) in [6.07, 6.45) is -0.877. The van der Waals surface area contributed by atoms with Crippen molar-refractivity contribution in [2.24, 2.45) is 0 Å². The van der Waals surface area contributed by atoms with Crippen molar-refractivity contribution in [1.29, 1.82) is 0 Å². The van der Waals surface area contributed by atoms with Crippen LogP contribution in [0.3, 0.4) is 0 Å². The number of hydrogen-bond acceptors (Lipinski definition) is 3. The molecule has 21 heavy (non-hydrogen) atoms. The van der Waals surface area contributed by atoms with Crippen LogP contribution in [0, 0.1) is 13.8 Å². The van der Waals surface area contributed by atoms with Crippen molar-refractivity contribution in [1.82, 2.24) is 9.80 Å². The second kappa shape index (κ2) is 5.76. The summed E-state index contributed by atoms with van der Waals surface area (Å²) in [5.74, 6) is 0.349. The fraction of sp³-hybridized carbons (Fsp3) is 0.500. The minimum absolute atomic E-state index is 0.104. The van der Waals surface area contributed by atoms with Gasteiger partial charge in [0.05, 0.1) is 0 Å².